The Morgan fingerprint density at radius 3 is 2.41 bits per heavy atom. The van der Waals surface area contributed by atoms with Crippen LogP contribution >= 0.6 is 11.3 Å². The lowest BCUT2D eigenvalue weighted by atomic mass is 10.1. The van der Waals surface area contributed by atoms with Gasteiger partial charge in [0.25, 0.3) is 0 Å². The normalized spacial score (nSPS) is 14.3. The molecule has 3 nitrogen and oxygen atoms in total. The number of halogens is 3. The van der Waals surface area contributed by atoms with Crippen molar-refractivity contribution in [2.24, 2.45) is 4.40 Å². The summed E-state index contributed by atoms with van der Waals surface area (Å²) in [7, 11) is 0. The first-order valence-electron chi connectivity index (χ1n) is 8.26. The van der Waals surface area contributed by atoms with Crippen LogP contribution in [-0.4, -0.2) is 28.3 Å². The van der Waals surface area contributed by atoms with Gasteiger partial charge in [-0.2, -0.15) is 13.2 Å². The highest BCUT2D eigenvalue weighted by molar-refractivity contribution is 7.90. The molecule has 0 saturated heterocycles. The van der Waals surface area contributed by atoms with Crippen LogP contribution in [0.15, 0.2) is 40.8 Å². The van der Waals surface area contributed by atoms with E-state index >= 15 is 0 Å². The maximum atomic E-state index is 12.4. The fourth-order valence-electron chi connectivity index (χ4n) is 2.53. The average molecular weight is 413 g/mol. The van der Waals surface area contributed by atoms with Gasteiger partial charge in [0.05, 0.1) is 17.1 Å². The summed E-state index contributed by atoms with van der Waals surface area (Å²) in [6.45, 7) is 4.16. The van der Waals surface area contributed by atoms with Crippen LogP contribution in [0.5, 0.6) is 5.75 Å². The largest absolute Gasteiger partial charge is 0.591 e. The van der Waals surface area contributed by atoms with E-state index in [1.54, 1.807) is 36.5 Å². The molecule has 1 unspecified atom stereocenters. The van der Waals surface area contributed by atoms with Crippen molar-refractivity contribution in [3.05, 3.63) is 42.0 Å². The van der Waals surface area contributed by atoms with Crippen molar-refractivity contribution in [2.45, 2.75) is 32.2 Å². The van der Waals surface area contributed by atoms with Gasteiger partial charge in [-0.1, -0.05) is 10.5 Å². The van der Waals surface area contributed by atoms with Crippen molar-refractivity contribution in [1.82, 2.24) is 0 Å². The molecule has 3 aromatic rings. The van der Waals surface area contributed by atoms with Crippen molar-refractivity contribution < 1.29 is 22.5 Å². The second kappa shape index (κ2) is 7.69. The molecular weight excluding hydrogens is 395 g/mol. The summed E-state index contributed by atoms with van der Waals surface area (Å²) in [4.78, 5) is 0. The molecule has 0 amide bonds. The van der Waals surface area contributed by atoms with E-state index in [9.17, 15) is 17.7 Å². The van der Waals surface area contributed by atoms with Crippen LogP contribution in [0.4, 0.5) is 13.2 Å². The van der Waals surface area contributed by atoms with Gasteiger partial charge in [0.1, 0.15) is 11.0 Å². The molecule has 0 fully saturated rings. The third-order valence-corrected chi connectivity index (χ3v) is 6.30. The SMILES string of the molecule is CC(=N[S+]([O-])C(C)C)c1ccc2sc3ccc(OCC(F)(F)F)cc3c2c1. The van der Waals surface area contributed by atoms with E-state index in [0.717, 1.165) is 25.7 Å². The molecule has 27 heavy (non-hydrogen) atoms. The van der Waals surface area contributed by atoms with Gasteiger partial charge in [-0.05, 0) is 51.1 Å². The predicted octanol–water partition coefficient (Wildman–Crippen LogP) is 5.88. The van der Waals surface area contributed by atoms with E-state index in [0.29, 0.717) is 5.71 Å². The Balaban J connectivity index is 2.00. The fourth-order valence-corrected chi connectivity index (χ4v) is 4.18. The van der Waals surface area contributed by atoms with Crippen LogP contribution in [-0.2, 0) is 11.4 Å². The van der Waals surface area contributed by atoms with Gasteiger partial charge in [-0.15, -0.1) is 11.3 Å². The fraction of sp³-hybridized carbons (Fsp3) is 0.316. The number of alkyl halides is 3. The molecule has 0 aliphatic heterocycles. The van der Waals surface area contributed by atoms with Crippen LogP contribution in [0, 0.1) is 0 Å². The second-order valence-electron chi connectivity index (χ2n) is 6.38. The third kappa shape index (κ3) is 4.75. The minimum absolute atomic E-state index is 0.0704. The molecule has 0 N–H and O–H groups in total. The van der Waals surface area contributed by atoms with Crippen molar-refractivity contribution in [3.63, 3.8) is 0 Å². The van der Waals surface area contributed by atoms with E-state index in [1.165, 1.54) is 0 Å². The van der Waals surface area contributed by atoms with Gasteiger partial charge >= 0.3 is 6.18 Å². The van der Waals surface area contributed by atoms with Crippen LogP contribution in [0.2, 0.25) is 0 Å². The quantitative estimate of drug-likeness (QED) is 0.387. The highest BCUT2D eigenvalue weighted by atomic mass is 32.2. The molecule has 0 aliphatic carbocycles. The summed E-state index contributed by atoms with van der Waals surface area (Å²) in [5.74, 6) is 0.177. The molecule has 1 heterocycles. The predicted molar refractivity (Wildman–Crippen MR) is 106 cm³/mol. The molecule has 0 spiro atoms. The monoisotopic (exact) mass is 413 g/mol. The standard InChI is InChI=1S/C19H18F3NO2S2/c1-11(2)27(24)23-12(3)13-4-6-17-15(8-13)16-9-14(5-7-18(16)26-17)25-10-19(20,21)22/h4-9,11H,10H2,1-3H3. The summed E-state index contributed by atoms with van der Waals surface area (Å²) >= 11 is 0.251. The molecule has 2 aromatic carbocycles. The number of nitrogens with zero attached hydrogens (tertiary/aromatic N) is 1. The number of thiophene rings is 1. The highest BCUT2D eigenvalue weighted by Crippen LogP contribution is 2.36. The Bertz CT molecular complexity index is 996. The van der Waals surface area contributed by atoms with Gasteiger partial charge in [0.15, 0.2) is 6.61 Å². The Morgan fingerprint density at radius 1 is 1.15 bits per heavy atom. The topological polar surface area (TPSA) is 44.7 Å². The molecule has 1 atom stereocenters. The maximum Gasteiger partial charge on any atom is 0.422 e. The van der Waals surface area contributed by atoms with E-state index in [-0.39, 0.29) is 11.0 Å². The zero-order valence-corrected chi connectivity index (χ0v) is 16.6. The summed E-state index contributed by atoms with van der Waals surface area (Å²) in [6.07, 6.45) is -4.38. The molecular formula is C19H18F3NO2S2. The summed E-state index contributed by atoms with van der Waals surface area (Å²) < 4.78 is 60.2. The average Bonchev–Trinajstić information content (AvgIpc) is 2.96. The van der Waals surface area contributed by atoms with Crippen LogP contribution in [0.3, 0.4) is 0 Å². The Hall–Kier alpha value is -1.77. The minimum Gasteiger partial charge on any atom is -0.591 e. The van der Waals surface area contributed by atoms with Crippen LogP contribution in [0.25, 0.3) is 20.2 Å². The first kappa shape index (κ1) is 20.0. The first-order chi connectivity index (χ1) is 12.6. The molecule has 0 aliphatic rings. The smallest absolute Gasteiger partial charge is 0.422 e. The van der Waals surface area contributed by atoms with Crippen molar-refractivity contribution in [3.8, 4) is 5.75 Å². The van der Waals surface area contributed by atoms with E-state index in [2.05, 4.69) is 4.40 Å². The highest BCUT2D eigenvalue weighted by Gasteiger charge is 2.28. The molecule has 0 saturated carbocycles. The summed E-state index contributed by atoms with van der Waals surface area (Å²) in [6, 6.07) is 10.7. The van der Waals surface area contributed by atoms with Gasteiger partial charge < -0.3 is 9.29 Å². The van der Waals surface area contributed by atoms with Gasteiger partial charge in [0, 0.05) is 25.7 Å². The number of benzene rings is 2. The lowest BCUT2D eigenvalue weighted by Crippen LogP contribution is -2.19. The lowest BCUT2D eigenvalue weighted by molar-refractivity contribution is -0.153. The minimum atomic E-state index is -4.38. The molecule has 1 aromatic heterocycles. The van der Waals surface area contributed by atoms with Gasteiger partial charge in [-0.25, -0.2) is 0 Å². The zero-order chi connectivity index (χ0) is 19.8. The van der Waals surface area contributed by atoms with E-state index in [1.807, 2.05) is 32.0 Å². The number of hydrogen-bond acceptors (Lipinski definition) is 4. The van der Waals surface area contributed by atoms with Crippen molar-refractivity contribution in [2.75, 3.05) is 6.61 Å². The zero-order valence-electron chi connectivity index (χ0n) is 15.0. The molecule has 8 heteroatoms. The second-order valence-corrected chi connectivity index (χ2v) is 9.14. The number of fused-ring (bicyclic) bond motifs is 3. The summed E-state index contributed by atoms with van der Waals surface area (Å²) in [5.41, 5.74) is 1.49. The number of hydrogen-bond donors (Lipinski definition) is 0. The van der Waals surface area contributed by atoms with Crippen LogP contribution < -0.4 is 4.74 Å². The van der Waals surface area contributed by atoms with Gasteiger partial charge in [0.2, 0.25) is 0 Å². The Kier molecular flexibility index (Phi) is 5.69. The van der Waals surface area contributed by atoms with Crippen molar-refractivity contribution in [1.29, 1.82) is 0 Å². The maximum absolute atomic E-state index is 12.4. The third-order valence-electron chi connectivity index (χ3n) is 3.89. The number of rotatable bonds is 5. The summed E-state index contributed by atoms with van der Waals surface area (Å²) in [5, 5.41) is 1.67. The van der Waals surface area contributed by atoms with Crippen molar-refractivity contribution >= 4 is 48.6 Å². The first-order valence-corrected chi connectivity index (χ1v) is 10.2. The Morgan fingerprint density at radius 2 is 1.78 bits per heavy atom. The van der Waals surface area contributed by atoms with E-state index in [4.69, 9.17) is 4.74 Å². The molecule has 144 valence electrons. The van der Waals surface area contributed by atoms with Crippen LogP contribution in [0.1, 0.15) is 26.3 Å². The molecule has 3 rings (SSSR count). The number of ether oxygens (including phenoxy) is 1. The molecule has 0 radical (unpaired) electrons. The lowest BCUT2D eigenvalue weighted by Gasteiger charge is -2.09. The Labute approximate surface area is 162 Å². The molecule has 0 bridgehead atoms. The van der Waals surface area contributed by atoms with E-state index < -0.39 is 24.1 Å². The van der Waals surface area contributed by atoms with Gasteiger partial charge in [-0.3, -0.25) is 0 Å².